The van der Waals surface area contributed by atoms with E-state index in [1.807, 2.05) is 12.1 Å². The summed E-state index contributed by atoms with van der Waals surface area (Å²) < 4.78 is 0. The molecule has 0 fully saturated rings. The maximum Gasteiger partial charge on any atom is 0.150 e. The van der Waals surface area contributed by atoms with Gasteiger partial charge in [0.05, 0.1) is 0 Å². The fraction of sp³-hybridized carbons (Fsp3) is 0.533. The Hall–Kier alpha value is -1.35. The van der Waals surface area contributed by atoms with E-state index in [0.29, 0.717) is 0 Å². The van der Waals surface area contributed by atoms with Crippen LogP contribution in [0.25, 0.3) is 0 Å². The summed E-state index contributed by atoms with van der Waals surface area (Å²) in [6, 6.07) is 5.90. The lowest BCUT2D eigenvalue weighted by Gasteiger charge is -2.25. The Labute approximate surface area is 110 Å². The van der Waals surface area contributed by atoms with E-state index in [-0.39, 0.29) is 0 Å². The molecule has 0 aliphatic heterocycles. The number of aryl methyl sites for hydroxylation is 1. The number of hydrogen-bond donors (Lipinski definition) is 0. The Bertz CT molecular complexity index is 388. The van der Waals surface area contributed by atoms with Crippen LogP contribution in [-0.2, 0) is 0 Å². The molecule has 0 aromatic heterocycles. The van der Waals surface area contributed by atoms with E-state index in [9.17, 15) is 4.79 Å². The average molecular weight is 248 g/mol. The number of carbonyl (C=O) groups excluding carboxylic acids is 1. The molecule has 0 saturated carbocycles. The molecule has 1 rings (SSSR count). The molecule has 100 valence electrons. The first-order valence-electron chi connectivity index (χ1n) is 6.54. The van der Waals surface area contributed by atoms with E-state index >= 15 is 0 Å². The summed E-state index contributed by atoms with van der Waals surface area (Å²) in [5.74, 6) is 0. The predicted molar refractivity (Wildman–Crippen MR) is 77.6 cm³/mol. The molecule has 0 aliphatic carbocycles. The summed E-state index contributed by atoms with van der Waals surface area (Å²) in [5.41, 5.74) is 3.16. The minimum atomic E-state index is 0.751. The summed E-state index contributed by atoms with van der Waals surface area (Å²) in [4.78, 5) is 15.3. The van der Waals surface area contributed by atoms with E-state index < -0.39 is 0 Å². The summed E-state index contributed by atoms with van der Waals surface area (Å²) in [6.07, 6.45) is 2.05. The Kier molecular flexibility index (Phi) is 5.86. The molecule has 0 spiro atoms. The maximum atomic E-state index is 10.7. The lowest BCUT2D eigenvalue weighted by Crippen LogP contribution is -2.27. The number of anilines is 1. The number of rotatable bonds is 7. The molecule has 0 bridgehead atoms. The van der Waals surface area contributed by atoms with E-state index in [1.165, 1.54) is 11.3 Å². The lowest BCUT2D eigenvalue weighted by molar-refractivity contribution is 0.112. The van der Waals surface area contributed by atoms with Crippen molar-refractivity contribution in [1.82, 2.24) is 4.90 Å². The minimum absolute atomic E-state index is 0.751. The van der Waals surface area contributed by atoms with E-state index in [0.717, 1.165) is 37.9 Å². The van der Waals surface area contributed by atoms with Gasteiger partial charge in [-0.3, -0.25) is 4.79 Å². The van der Waals surface area contributed by atoms with E-state index in [2.05, 4.69) is 43.8 Å². The zero-order valence-corrected chi connectivity index (χ0v) is 11.9. The van der Waals surface area contributed by atoms with Gasteiger partial charge in [0.15, 0.2) is 0 Å². The number of hydrogen-bond acceptors (Lipinski definition) is 3. The third-order valence-corrected chi connectivity index (χ3v) is 3.11. The van der Waals surface area contributed by atoms with Crippen molar-refractivity contribution in [3.05, 3.63) is 29.3 Å². The molecule has 0 atom stereocenters. The molecule has 1 aromatic carbocycles. The Morgan fingerprint density at radius 1 is 1.22 bits per heavy atom. The Balaban J connectivity index is 2.72. The maximum absolute atomic E-state index is 10.7. The van der Waals surface area contributed by atoms with Crippen LogP contribution in [-0.4, -0.2) is 44.9 Å². The first-order chi connectivity index (χ1) is 8.58. The highest BCUT2D eigenvalue weighted by Crippen LogP contribution is 2.20. The van der Waals surface area contributed by atoms with Gasteiger partial charge in [0.25, 0.3) is 0 Å². The highest BCUT2D eigenvalue weighted by Gasteiger charge is 2.07. The van der Waals surface area contributed by atoms with Crippen molar-refractivity contribution in [3.63, 3.8) is 0 Å². The van der Waals surface area contributed by atoms with Gasteiger partial charge in [-0.2, -0.15) is 0 Å². The molecule has 0 saturated heterocycles. The van der Waals surface area contributed by atoms with Gasteiger partial charge in [0, 0.05) is 24.3 Å². The second-order valence-corrected chi connectivity index (χ2v) is 4.90. The molecule has 0 N–H and O–H groups in total. The second kappa shape index (κ2) is 7.17. The summed E-state index contributed by atoms with van der Waals surface area (Å²) in [7, 11) is 4.20. The first kappa shape index (κ1) is 14.7. The van der Waals surface area contributed by atoms with Gasteiger partial charge in [0.2, 0.25) is 0 Å². The number of nitrogens with zero attached hydrogens (tertiary/aromatic N) is 2. The van der Waals surface area contributed by atoms with Crippen LogP contribution in [0.4, 0.5) is 5.69 Å². The van der Waals surface area contributed by atoms with Crippen LogP contribution in [0.5, 0.6) is 0 Å². The summed E-state index contributed by atoms with van der Waals surface area (Å²) in [5, 5.41) is 0. The Morgan fingerprint density at radius 2 is 1.94 bits per heavy atom. The van der Waals surface area contributed by atoms with Gasteiger partial charge < -0.3 is 9.80 Å². The molecular formula is C15H24N2O. The fourth-order valence-electron chi connectivity index (χ4n) is 2.13. The van der Waals surface area contributed by atoms with Crippen molar-refractivity contribution < 1.29 is 4.79 Å². The molecular weight excluding hydrogens is 224 g/mol. The monoisotopic (exact) mass is 248 g/mol. The summed E-state index contributed by atoms with van der Waals surface area (Å²) in [6.45, 7) is 7.38. The predicted octanol–water partition coefficient (Wildman–Crippen LogP) is 2.59. The quantitative estimate of drug-likeness (QED) is 0.693. The SMILES string of the molecule is CCN(CCCN(C)C)c1ccc(C=O)cc1C. The summed E-state index contributed by atoms with van der Waals surface area (Å²) >= 11 is 0. The van der Waals surface area contributed by atoms with Crippen LogP contribution in [0, 0.1) is 6.92 Å². The topological polar surface area (TPSA) is 23.6 Å². The van der Waals surface area contributed by atoms with Gasteiger partial charge in [-0.05, 0) is 64.7 Å². The molecule has 0 unspecified atom stereocenters. The highest BCUT2D eigenvalue weighted by atomic mass is 16.1. The molecule has 0 amide bonds. The number of aldehydes is 1. The van der Waals surface area contributed by atoms with Gasteiger partial charge in [-0.25, -0.2) is 0 Å². The molecule has 0 radical (unpaired) electrons. The number of benzene rings is 1. The molecule has 3 nitrogen and oxygen atoms in total. The van der Waals surface area contributed by atoms with Crippen LogP contribution in [0.2, 0.25) is 0 Å². The van der Waals surface area contributed by atoms with Crippen molar-refractivity contribution in [2.75, 3.05) is 38.6 Å². The van der Waals surface area contributed by atoms with Crippen molar-refractivity contribution in [2.45, 2.75) is 20.3 Å². The van der Waals surface area contributed by atoms with Crippen LogP contribution in [0.15, 0.2) is 18.2 Å². The Morgan fingerprint density at radius 3 is 2.44 bits per heavy atom. The largest absolute Gasteiger partial charge is 0.372 e. The van der Waals surface area contributed by atoms with Gasteiger partial charge in [-0.1, -0.05) is 0 Å². The van der Waals surface area contributed by atoms with Gasteiger partial charge in [-0.15, -0.1) is 0 Å². The molecule has 3 heteroatoms. The standard InChI is InChI=1S/C15H24N2O/c1-5-17(10-6-9-16(3)4)15-8-7-14(12-18)11-13(15)2/h7-8,11-12H,5-6,9-10H2,1-4H3. The van der Waals surface area contributed by atoms with Crippen molar-refractivity contribution >= 4 is 12.0 Å². The fourth-order valence-corrected chi connectivity index (χ4v) is 2.13. The van der Waals surface area contributed by atoms with Crippen LogP contribution in [0.1, 0.15) is 29.3 Å². The van der Waals surface area contributed by atoms with E-state index in [1.54, 1.807) is 0 Å². The molecule has 0 heterocycles. The lowest BCUT2D eigenvalue weighted by atomic mass is 10.1. The second-order valence-electron chi connectivity index (χ2n) is 4.90. The molecule has 0 aliphatic rings. The third kappa shape index (κ3) is 4.15. The highest BCUT2D eigenvalue weighted by molar-refractivity contribution is 5.76. The van der Waals surface area contributed by atoms with Crippen molar-refractivity contribution in [2.24, 2.45) is 0 Å². The zero-order valence-electron chi connectivity index (χ0n) is 11.9. The first-order valence-corrected chi connectivity index (χ1v) is 6.54. The van der Waals surface area contributed by atoms with E-state index in [4.69, 9.17) is 0 Å². The number of carbonyl (C=O) groups is 1. The van der Waals surface area contributed by atoms with Crippen molar-refractivity contribution in [1.29, 1.82) is 0 Å². The average Bonchev–Trinajstić information content (AvgIpc) is 2.35. The van der Waals surface area contributed by atoms with Crippen LogP contribution >= 0.6 is 0 Å². The van der Waals surface area contributed by atoms with Crippen LogP contribution < -0.4 is 4.90 Å². The molecule has 1 aromatic rings. The zero-order chi connectivity index (χ0) is 13.5. The van der Waals surface area contributed by atoms with Gasteiger partial charge in [0.1, 0.15) is 6.29 Å². The van der Waals surface area contributed by atoms with Gasteiger partial charge >= 0.3 is 0 Å². The normalized spacial score (nSPS) is 10.7. The third-order valence-electron chi connectivity index (χ3n) is 3.11. The van der Waals surface area contributed by atoms with Crippen LogP contribution in [0.3, 0.4) is 0 Å². The van der Waals surface area contributed by atoms with Crippen molar-refractivity contribution in [3.8, 4) is 0 Å². The minimum Gasteiger partial charge on any atom is -0.372 e. The smallest absolute Gasteiger partial charge is 0.150 e. The molecule has 18 heavy (non-hydrogen) atoms.